The molecule has 4 heterocycles. The minimum atomic E-state index is 0.0303. The Morgan fingerprint density at radius 3 is 2.74 bits per heavy atom. The van der Waals surface area contributed by atoms with Crippen LogP contribution in [-0.2, 0) is 4.79 Å². The van der Waals surface area contributed by atoms with Crippen molar-refractivity contribution in [3.8, 4) is 0 Å². The van der Waals surface area contributed by atoms with Crippen LogP contribution in [0.5, 0.6) is 0 Å². The fourth-order valence-corrected chi connectivity index (χ4v) is 3.39. The van der Waals surface area contributed by atoms with Crippen molar-refractivity contribution in [2.45, 2.75) is 25.4 Å². The molecule has 0 N–H and O–H groups in total. The Balaban J connectivity index is 1.44. The number of aromatic nitrogens is 4. The van der Waals surface area contributed by atoms with Gasteiger partial charge in [-0.1, -0.05) is 0 Å². The largest absolute Gasteiger partial charge is 0.352 e. The zero-order chi connectivity index (χ0) is 16.1. The van der Waals surface area contributed by atoms with Crippen LogP contribution in [0.2, 0.25) is 0 Å². The second kappa shape index (κ2) is 5.16. The van der Waals surface area contributed by atoms with E-state index in [0.29, 0.717) is 6.04 Å². The number of likely N-dealkylation sites (tertiary alicyclic amines) is 1. The predicted octanol–water partition coefficient (Wildman–Crippen LogP) is -0.216. The first-order valence-electron chi connectivity index (χ1n) is 7.95. The molecule has 0 radical (unpaired) electrons. The fraction of sp³-hybridized carbons (Fsp3) is 0.600. The van der Waals surface area contributed by atoms with Gasteiger partial charge in [-0.05, 0) is 32.5 Å². The van der Waals surface area contributed by atoms with Gasteiger partial charge in [-0.2, -0.15) is 4.52 Å². The van der Waals surface area contributed by atoms with Gasteiger partial charge in [0.1, 0.15) is 5.82 Å². The van der Waals surface area contributed by atoms with E-state index in [1.807, 2.05) is 31.0 Å². The number of anilines is 1. The van der Waals surface area contributed by atoms with Crippen LogP contribution in [-0.4, -0.2) is 81.3 Å². The third-order valence-electron chi connectivity index (χ3n) is 5.06. The first-order chi connectivity index (χ1) is 11.0. The molecule has 4 rings (SSSR count). The molecule has 2 aliphatic rings. The number of hydrogen-bond donors (Lipinski definition) is 0. The molecule has 8 nitrogen and oxygen atoms in total. The molecule has 2 saturated heterocycles. The van der Waals surface area contributed by atoms with Crippen LogP contribution in [0.4, 0.5) is 5.82 Å². The Labute approximate surface area is 134 Å². The van der Waals surface area contributed by atoms with E-state index in [9.17, 15) is 4.79 Å². The predicted molar refractivity (Wildman–Crippen MR) is 85.3 cm³/mol. The highest BCUT2D eigenvalue weighted by atomic mass is 16.2. The van der Waals surface area contributed by atoms with E-state index in [2.05, 4.69) is 32.1 Å². The highest BCUT2D eigenvalue weighted by Crippen LogP contribution is 2.25. The van der Waals surface area contributed by atoms with Gasteiger partial charge in [-0.25, -0.2) is 0 Å². The van der Waals surface area contributed by atoms with E-state index in [-0.39, 0.29) is 11.9 Å². The molecule has 0 bridgehead atoms. The van der Waals surface area contributed by atoms with Crippen LogP contribution in [0.15, 0.2) is 12.1 Å². The second-order valence-electron chi connectivity index (χ2n) is 6.50. The third-order valence-corrected chi connectivity index (χ3v) is 5.06. The first-order valence-corrected chi connectivity index (χ1v) is 7.95. The van der Waals surface area contributed by atoms with Gasteiger partial charge in [0, 0.05) is 32.7 Å². The number of hydrogen-bond acceptors (Lipinski definition) is 6. The van der Waals surface area contributed by atoms with Gasteiger partial charge in [0.2, 0.25) is 5.91 Å². The number of amides is 1. The van der Waals surface area contributed by atoms with Crippen LogP contribution >= 0.6 is 0 Å². The Bertz CT molecular complexity index is 751. The molecule has 0 spiro atoms. The van der Waals surface area contributed by atoms with Crippen molar-refractivity contribution in [1.82, 2.24) is 29.6 Å². The van der Waals surface area contributed by atoms with Gasteiger partial charge < -0.3 is 9.80 Å². The summed E-state index contributed by atoms with van der Waals surface area (Å²) in [5.41, 5.74) is 0.764. The molecule has 0 saturated carbocycles. The van der Waals surface area contributed by atoms with Crippen LogP contribution in [0.25, 0.3) is 5.65 Å². The minimum Gasteiger partial charge on any atom is -0.352 e. The van der Waals surface area contributed by atoms with Crippen molar-refractivity contribution in [3.05, 3.63) is 18.0 Å². The Morgan fingerprint density at radius 2 is 2.04 bits per heavy atom. The molecule has 0 aliphatic carbocycles. The Hall–Kier alpha value is -2.22. The monoisotopic (exact) mass is 315 g/mol. The van der Waals surface area contributed by atoms with Crippen LogP contribution in [0.3, 0.4) is 0 Å². The lowest BCUT2D eigenvalue weighted by molar-refractivity contribution is -0.131. The van der Waals surface area contributed by atoms with Gasteiger partial charge in [-0.15, -0.1) is 15.3 Å². The summed E-state index contributed by atoms with van der Waals surface area (Å²) < 4.78 is 1.77. The quantitative estimate of drug-likeness (QED) is 0.780. The van der Waals surface area contributed by atoms with Crippen molar-refractivity contribution in [3.63, 3.8) is 0 Å². The number of aryl methyl sites for hydroxylation is 1. The summed E-state index contributed by atoms with van der Waals surface area (Å²) in [5.74, 6) is 1.96. The highest BCUT2D eigenvalue weighted by molar-refractivity contribution is 5.83. The van der Waals surface area contributed by atoms with E-state index >= 15 is 0 Å². The standard InChI is InChI=1S/C15H21N7O/c1-10-16-17-13-4-5-14(18-22(10)13)21-8-11(9-21)20(3)12-6-7-19(2)15(12)23/h4-5,11-12H,6-9H2,1-3H3. The third kappa shape index (κ3) is 2.24. The fourth-order valence-electron chi connectivity index (χ4n) is 3.39. The number of rotatable bonds is 3. The summed E-state index contributed by atoms with van der Waals surface area (Å²) in [6, 6.07) is 4.35. The lowest BCUT2D eigenvalue weighted by Crippen LogP contribution is -2.61. The molecule has 2 aromatic rings. The molecule has 2 aliphatic heterocycles. The maximum atomic E-state index is 12.1. The number of fused-ring (bicyclic) bond motifs is 1. The van der Waals surface area contributed by atoms with Gasteiger partial charge >= 0.3 is 0 Å². The topological polar surface area (TPSA) is 69.9 Å². The number of carbonyl (C=O) groups is 1. The molecule has 122 valence electrons. The van der Waals surface area contributed by atoms with E-state index in [4.69, 9.17) is 0 Å². The molecule has 0 aromatic carbocycles. The van der Waals surface area contributed by atoms with Crippen molar-refractivity contribution >= 4 is 17.4 Å². The molecule has 1 atom stereocenters. The van der Waals surface area contributed by atoms with E-state index in [0.717, 1.165) is 43.3 Å². The Morgan fingerprint density at radius 1 is 1.26 bits per heavy atom. The molecule has 2 aromatic heterocycles. The average molecular weight is 315 g/mol. The minimum absolute atomic E-state index is 0.0303. The van der Waals surface area contributed by atoms with Crippen molar-refractivity contribution in [2.24, 2.45) is 0 Å². The molecule has 2 fully saturated rings. The number of carbonyl (C=O) groups excluding carboxylic acids is 1. The summed E-state index contributed by atoms with van der Waals surface area (Å²) in [5, 5.41) is 12.7. The molecule has 1 amide bonds. The molecule has 23 heavy (non-hydrogen) atoms. The molecular weight excluding hydrogens is 294 g/mol. The zero-order valence-electron chi connectivity index (χ0n) is 13.7. The van der Waals surface area contributed by atoms with Crippen LogP contribution in [0, 0.1) is 6.92 Å². The van der Waals surface area contributed by atoms with E-state index < -0.39 is 0 Å². The molecule has 8 heteroatoms. The lowest BCUT2D eigenvalue weighted by atomic mass is 10.0. The normalized spacial score (nSPS) is 22.4. The smallest absolute Gasteiger partial charge is 0.239 e. The van der Waals surface area contributed by atoms with Gasteiger partial charge in [0.25, 0.3) is 0 Å². The summed E-state index contributed by atoms with van der Waals surface area (Å²) >= 11 is 0. The van der Waals surface area contributed by atoms with E-state index in [1.54, 1.807) is 4.52 Å². The van der Waals surface area contributed by atoms with Crippen molar-refractivity contribution in [1.29, 1.82) is 0 Å². The summed E-state index contributed by atoms with van der Waals surface area (Å²) in [7, 11) is 3.94. The summed E-state index contributed by atoms with van der Waals surface area (Å²) in [6.45, 7) is 4.54. The maximum absolute atomic E-state index is 12.1. The molecular formula is C15H21N7O. The van der Waals surface area contributed by atoms with Crippen LogP contribution < -0.4 is 4.90 Å². The summed E-state index contributed by atoms with van der Waals surface area (Å²) in [4.78, 5) is 18.4. The SMILES string of the molecule is Cc1nnc2ccc(N3CC(N(C)C4CCN(C)C4=O)C3)nn12. The first kappa shape index (κ1) is 14.4. The summed E-state index contributed by atoms with van der Waals surface area (Å²) in [6.07, 6.45) is 0.923. The van der Waals surface area contributed by atoms with Crippen molar-refractivity contribution < 1.29 is 4.79 Å². The van der Waals surface area contributed by atoms with Crippen molar-refractivity contribution in [2.75, 3.05) is 38.6 Å². The maximum Gasteiger partial charge on any atom is 0.239 e. The molecule has 1 unspecified atom stereocenters. The van der Waals surface area contributed by atoms with Gasteiger partial charge in [0.05, 0.1) is 6.04 Å². The number of likely N-dealkylation sites (N-methyl/N-ethyl adjacent to an activating group) is 2. The highest BCUT2D eigenvalue weighted by Gasteiger charge is 2.40. The van der Waals surface area contributed by atoms with Crippen LogP contribution in [0.1, 0.15) is 12.2 Å². The van der Waals surface area contributed by atoms with Gasteiger partial charge in [-0.3, -0.25) is 9.69 Å². The number of nitrogens with zero attached hydrogens (tertiary/aromatic N) is 7. The zero-order valence-corrected chi connectivity index (χ0v) is 13.7. The Kier molecular flexibility index (Phi) is 3.22. The van der Waals surface area contributed by atoms with E-state index in [1.165, 1.54) is 0 Å². The van der Waals surface area contributed by atoms with Gasteiger partial charge in [0.15, 0.2) is 11.5 Å². The second-order valence-corrected chi connectivity index (χ2v) is 6.50. The lowest BCUT2D eigenvalue weighted by Gasteiger charge is -2.46. The average Bonchev–Trinajstić information content (AvgIpc) is 3.02.